The molecule has 2 N–H and O–H groups in total. The van der Waals surface area contributed by atoms with Gasteiger partial charge in [-0.25, -0.2) is 12.8 Å². The van der Waals surface area contributed by atoms with Gasteiger partial charge in [0, 0.05) is 5.69 Å². The van der Waals surface area contributed by atoms with Crippen LogP contribution in [0.1, 0.15) is 16.3 Å². The predicted octanol–water partition coefficient (Wildman–Crippen LogP) is 5.05. The first-order chi connectivity index (χ1) is 15.9. The molecule has 0 atom stereocenters. The highest BCUT2D eigenvalue weighted by atomic mass is 32.2. The van der Waals surface area contributed by atoms with Crippen molar-refractivity contribution in [3.8, 4) is 5.75 Å². The van der Waals surface area contributed by atoms with E-state index in [0.29, 0.717) is 11.5 Å². The smallest absolute Gasteiger partial charge is 0.291 e. The molecule has 7 nitrogen and oxygen atoms in total. The van der Waals surface area contributed by atoms with Gasteiger partial charge in [0.15, 0.2) is 5.76 Å². The largest absolute Gasteiger partial charge is 0.486 e. The van der Waals surface area contributed by atoms with Crippen molar-refractivity contribution in [1.29, 1.82) is 0 Å². The van der Waals surface area contributed by atoms with E-state index in [0.717, 1.165) is 6.07 Å². The maximum absolute atomic E-state index is 13.8. The number of rotatable bonds is 8. The summed E-state index contributed by atoms with van der Waals surface area (Å²) in [6.07, 6.45) is 0. The number of halogens is 1. The highest BCUT2D eigenvalue weighted by Crippen LogP contribution is 2.22. The Hall–Kier alpha value is -4.11. The van der Waals surface area contributed by atoms with Gasteiger partial charge in [0.2, 0.25) is 0 Å². The summed E-state index contributed by atoms with van der Waals surface area (Å²) in [5, 5.41) is 2.59. The van der Waals surface area contributed by atoms with Crippen LogP contribution >= 0.6 is 0 Å². The van der Waals surface area contributed by atoms with Gasteiger partial charge < -0.3 is 14.5 Å². The zero-order valence-corrected chi connectivity index (χ0v) is 18.0. The van der Waals surface area contributed by atoms with E-state index in [-0.39, 0.29) is 28.6 Å². The Bertz CT molecular complexity index is 1370. The predicted molar refractivity (Wildman–Crippen MR) is 121 cm³/mol. The molecular weight excluding hydrogens is 447 g/mol. The molecule has 0 fully saturated rings. The SMILES string of the molecule is O=C(Nc1cccc(S(=O)(=O)Nc2ccccc2F)c1)c1ccc(COc2ccccc2)o1. The number of carbonyl (C=O) groups excluding carboxylic acids is 1. The zero-order valence-electron chi connectivity index (χ0n) is 17.2. The molecule has 1 heterocycles. The molecule has 0 saturated heterocycles. The summed E-state index contributed by atoms with van der Waals surface area (Å²) in [5.41, 5.74) is 0.0580. The van der Waals surface area contributed by atoms with E-state index in [4.69, 9.17) is 9.15 Å². The van der Waals surface area contributed by atoms with Crippen molar-refractivity contribution >= 4 is 27.3 Å². The van der Waals surface area contributed by atoms with Crippen molar-refractivity contribution < 1.29 is 26.8 Å². The van der Waals surface area contributed by atoms with E-state index in [1.54, 1.807) is 18.2 Å². The minimum atomic E-state index is -4.07. The second-order valence-electron chi connectivity index (χ2n) is 6.93. The fourth-order valence-corrected chi connectivity index (χ4v) is 4.04. The minimum absolute atomic E-state index is 0.0411. The van der Waals surface area contributed by atoms with Crippen LogP contribution in [0.3, 0.4) is 0 Å². The quantitative estimate of drug-likeness (QED) is 0.379. The molecule has 1 amide bonds. The third-order valence-corrected chi connectivity index (χ3v) is 5.89. The highest BCUT2D eigenvalue weighted by Gasteiger charge is 2.18. The van der Waals surface area contributed by atoms with Gasteiger partial charge >= 0.3 is 0 Å². The molecule has 9 heteroatoms. The lowest BCUT2D eigenvalue weighted by atomic mass is 10.3. The molecule has 0 aliphatic carbocycles. The average molecular weight is 466 g/mol. The number of para-hydroxylation sites is 2. The number of anilines is 2. The number of furan rings is 1. The molecule has 4 rings (SSSR count). The maximum Gasteiger partial charge on any atom is 0.291 e. The Kier molecular flexibility index (Phi) is 6.41. The topological polar surface area (TPSA) is 97.6 Å². The van der Waals surface area contributed by atoms with Gasteiger partial charge in [0.05, 0.1) is 10.6 Å². The van der Waals surface area contributed by atoms with E-state index in [9.17, 15) is 17.6 Å². The highest BCUT2D eigenvalue weighted by molar-refractivity contribution is 7.92. The lowest BCUT2D eigenvalue weighted by Gasteiger charge is -2.10. The molecule has 0 aliphatic heterocycles. The van der Waals surface area contributed by atoms with Crippen LogP contribution in [0.2, 0.25) is 0 Å². The molecule has 0 bridgehead atoms. The van der Waals surface area contributed by atoms with Gasteiger partial charge in [0.25, 0.3) is 15.9 Å². The number of nitrogens with one attached hydrogen (secondary N) is 2. The van der Waals surface area contributed by atoms with Gasteiger partial charge in [-0.05, 0) is 54.6 Å². The summed E-state index contributed by atoms with van der Waals surface area (Å²) >= 11 is 0. The van der Waals surface area contributed by atoms with E-state index < -0.39 is 21.7 Å². The number of carbonyl (C=O) groups is 1. The van der Waals surface area contributed by atoms with E-state index in [1.165, 1.54) is 48.5 Å². The molecule has 0 saturated carbocycles. The monoisotopic (exact) mass is 466 g/mol. The van der Waals surface area contributed by atoms with Crippen LogP contribution in [-0.4, -0.2) is 14.3 Å². The van der Waals surface area contributed by atoms with Crippen molar-refractivity contribution in [1.82, 2.24) is 0 Å². The second kappa shape index (κ2) is 9.58. The third-order valence-electron chi connectivity index (χ3n) is 4.53. The molecule has 0 radical (unpaired) electrons. The lowest BCUT2D eigenvalue weighted by Crippen LogP contribution is -2.15. The van der Waals surface area contributed by atoms with Crippen LogP contribution in [0, 0.1) is 5.82 Å². The van der Waals surface area contributed by atoms with Crippen molar-refractivity contribution in [3.05, 3.63) is 108 Å². The Labute approximate surface area is 189 Å². The fraction of sp³-hybridized carbons (Fsp3) is 0.0417. The van der Waals surface area contributed by atoms with Crippen LogP contribution in [-0.2, 0) is 16.6 Å². The van der Waals surface area contributed by atoms with Gasteiger partial charge in [-0.1, -0.05) is 36.4 Å². The molecule has 33 heavy (non-hydrogen) atoms. The minimum Gasteiger partial charge on any atom is -0.486 e. The lowest BCUT2D eigenvalue weighted by molar-refractivity contribution is 0.0992. The summed E-state index contributed by atoms with van der Waals surface area (Å²) < 4.78 is 52.4. The fourth-order valence-electron chi connectivity index (χ4n) is 2.93. The number of benzene rings is 3. The summed E-state index contributed by atoms with van der Waals surface area (Å²) in [4.78, 5) is 12.4. The standard InChI is InChI=1S/C24H19FN2O5S/c25-21-11-4-5-12-22(21)27-33(29,30)20-10-6-7-17(15-20)26-24(28)23-14-13-19(32-23)16-31-18-8-2-1-3-9-18/h1-15,27H,16H2,(H,26,28). The first-order valence-corrected chi connectivity index (χ1v) is 11.3. The van der Waals surface area contributed by atoms with Crippen LogP contribution in [0.25, 0.3) is 0 Å². The zero-order chi connectivity index (χ0) is 23.3. The third kappa shape index (κ3) is 5.58. The van der Waals surface area contributed by atoms with Crippen molar-refractivity contribution in [2.75, 3.05) is 10.0 Å². The number of amides is 1. The summed E-state index contributed by atoms with van der Waals surface area (Å²) in [5.74, 6) is -0.0938. The number of sulfonamides is 1. The number of hydrogen-bond donors (Lipinski definition) is 2. The van der Waals surface area contributed by atoms with E-state index in [1.807, 2.05) is 18.2 Å². The van der Waals surface area contributed by atoms with Crippen molar-refractivity contribution in [2.24, 2.45) is 0 Å². The number of ether oxygens (including phenoxy) is 1. The molecule has 168 valence electrons. The van der Waals surface area contributed by atoms with Crippen molar-refractivity contribution in [3.63, 3.8) is 0 Å². The van der Waals surface area contributed by atoms with Crippen LogP contribution in [0.5, 0.6) is 5.75 Å². The van der Waals surface area contributed by atoms with E-state index in [2.05, 4.69) is 10.0 Å². The van der Waals surface area contributed by atoms with Gasteiger partial charge in [-0.15, -0.1) is 0 Å². The van der Waals surface area contributed by atoms with Crippen LogP contribution in [0.4, 0.5) is 15.8 Å². The Morgan fingerprint density at radius 2 is 1.67 bits per heavy atom. The molecule has 3 aromatic carbocycles. The summed E-state index contributed by atoms with van der Waals surface area (Å²) in [6, 6.07) is 23.3. The van der Waals surface area contributed by atoms with Crippen LogP contribution < -0.4 is 14.8 Å². The van der Waals surface area contributed by atoms with Gasteiger partial charge in [0.1, 0.15) is 23.9 Å². The van der Waals surface area contributed by atoms with E-state index >= 15 is 0 Å². The molecule has 0 aliphatic rings. The second-order valence-corrected chi connectivity index (χ2v) is 8.62. The normalized spacial score (nSPS) is 11.1. The van der Waals surface area contributed by atoms with Crippen LogP contribution in [0.15, 0.2) is 100 Å². The summed E-state index contributed by atoms with van der Waals surface area (Å²) in [6.45, 7) is 0.146. The summed E-state index contributed by atoms with van der Waals surface area (Å²) in [7, 11) is -4.07. The average Bonchev–Trinajstić information content (AvgIpc) is 3.29. The van der Waals surface area contributed by atoms with Crippen molar-refractivity contribution in [2.45, 2.75) is 11.5 Å². The molecule has 0 spiro atoms. The first kappa shape index (κ1) is 22.1. The van der Waals surface area contributed by atoms with Gasteiger partial charge in [-0.2, -0.15) is 0 Å². The molecule has 1 aromatic heterocycles. The first-order valence-electron chi connectivity index (χ1n) is 9.86. The Morgan fingerprint density at radius 3 is 2.45 bits per heavy atom. The number of hydrogen-bond acceptors (Lipinski definition) is 5. The molecule has 4 aromatic rings. The van der Waals surface area contributed by atoms with Gasteiger partial charge in [-0.3, -0.25) is 9.52 Å². The molecule has 0 unspecified atom stereocenters. The Balaban J connectivity index is 1.42. The maximum atomic E-state index is 13.8. The Morgan fingerprint density at radius 1 is 0.909 bits per heavy atom. The molecular formula is C24H19FN2O5S.